The van der Waals surface area contributed by atoms with E-state index in [9.17, 15) is 14.4 Å². The maximum Gasteiger partial charge on any atom is 0.341 e. The minimum absolute atomic E-state index is 0.0827. The largest absolute Gasteiger partial charge is 0.482 e. The summed E-state index contributed by atoms with van der Waals surface area (Å²) in [6.07, 6.45) is 0.0827. The quantitative estimate of drug-likeness (QED) is 0.649. The second kappa shape index (κ2) is 9.55. The average molecular weight is 384 g/mol. The minimum atomic E-state index is -1.06. The molecule has 2 aromatic carbocycles. The lowest BCUT2D eigenvalue weighted by molar-refractivity contribution is -0.139. The molecule has 7 heteroatoms. The zero-order valence-electron chi connectivity index (χ0n) is 16.1. The summed E-state index contributed by atoms with van der Waals surface area (Å²) in [5.74, 6) is -1.11. The first kappa shape index (κ1) is 21.0. The van der Waals surface area contributed by atoms with Crippen LogP contribution in [0.4, 0.5) is 5.69 Å². The maximum atomic E-state index is 12.5. The standard InChI is InChI=1S/C21H24N2O5/c1-13-4-6-16(7-5-13)19(22-15(3)24)11-20(25)23-18-9-8-17(10-14(18)2)28-12-21(26)27/h4-10,19H,11-12H2,1-3H3,(H,22,24)(H,23,25)(H,26,27). The summed E-state index contributed by atoms with van der Waals surface area (Å²) < 4.78 is 5.12. The Labute approximate surface area is 163 Å². The molecule has 0 spiro atoms. The van der Waals surface area contributed by atoms with Crippen molar-refractivity contribution in [2.75, 3.05) is 11.9 Å². The highest BCUT2D eigenvalue weighted by atomic mass is 16.5. The molecule has 0 heterocycles. The molecule has 0 aliphatic heterocycles. The maximum absolute atomic E-state index is 12.5. The fraction of sp³-hybridized carbons (Fsp3) is 0.286. The third-order valence-corrected chi connectivity index (χ3v) is 4.08. The van der Waals surface area contributed by atoms with E-state index < -0.39 is 18.6 Å². The van der Waals surface area contributed by atoms with Gasteiger partial charge in [-0.25, -0.2) is 4.79 Å². The number of anilines is 1. The van der Waals surface area contributed by atoms with Crippen molar-refractivity contribution in [2.45, 2.75) is 33.2 Å². The number of carbonyl (C=O) groups is 3. The highest BCUT2D eigenvalue weighted by Gasteiger charge is 2.18. The van der Waals surface area contributed by atoms with Crippen LogP contribution in [0.25, 0.3) is 0 Å². The van der Waals surface area contributed by atoms with Gasteiger partial charge in [0.15, 0.2) is 6.61 Å². The molecule has 1 atom stereocenters. The number of aryl methyl sites for hydroxylation is 2. The predicted molar refractivity (Wildman–Crippen MR) is 105 cm³/mol. The van der Waals surface area contributed by atoms with E-state index in [2.05, 4.69) is 10.6 Å². The minimum Gasteiger partial charge on any atom is -0.482 e. The van der Waals surface area contributed by atoms with E-state index in [4.69, 9.17) is 9.84 Å². The summed E-state index contributed by atoms with van der Waals surface area (Å²) in [5.41, 5.74) is 3.28. The summed E-state index contributed by atoms with van der Waals surface area (Å²) in [5, 5.41) is 14.3. The van der Waals surface area contributed by atoms with Gasteiger partial charge in [-0.2, -0.15) is 0 Å². The lowest BCUT2D eigenvalue weighted by Crippen LogP contribution is -2.29. The molecule has 2 rings (SSSR count). The highest BCUT2D eigenvalue weighted by Crippen LogP contribution is 2.23. The normalized spacial score (nSPS) is 11.4. The van der Waals surface area contributed by atoms with Crippen LogP contribution in [0.5, 0.6) is 5.75 Å². The van der Waals surface area contributed by atoms with Crippen LogP contribution in [0.1, 0.15) is 36.1 Å². The molecule has 148 valence electrons. The van der Waals surface area contributed by atoms with Gasteiger partial charge in [0.1, 0.15) is 5.75 Å². The van der Waals surface area contributed by atoms with Crippen molar-refractivity contribution in [3.63, 3.8) is 0 Å². The number of hydrogen-bond acceptors (Lipinski definition) is 4. The number of amides is 2. The number of nitrogens with one attached hydrogen (secondary N) is 2. The number of benzene rings is 2. The molecule has 0 aromatic heterocycles. The molecule has 28 heavy (non-hydrogen) atoms. The fourth-order valence-corrected chi connectivity index (χ4v) is 2.69. The SMILES string of the molecule is CC(=O)NC(CC(=O)Nc1ccc(OCC(=O)O)cc1C)c1ccc(C)cc1. The Balaban J connectivity index is 2.06. The Morgan fingerprint density at radius 1 is 1.07 bits per heavy atom. The van der Waals surface area contributed by atoms with Gasteiger partial charge in [-0.05, 0) is 43.2 Å². The van der Waals surface area contributed by atoms with Gasteiger partial charge < -0.3 is 20.5 Å². The fourth-order valence-electron chi connectivity index (χ4n) is 2.69. The lowest BCUT2D eigenvalue weighted by Gasteiger charge is -2.19. The topological polar surface area (TPSA) is 105 Å². The number of carboxylic acid groups (broad SMARTS) is 1. The van der Waals surface area contributed by atoms with Gasteiger partial charge in [-0.3, -0.25) is 9.59 Å². The Bertz CT molecular complexity index is 862. The number of hydrogen-bond donors (Lipinski definition) is 3. The first-order valence-corrected chi connectivity index (χ1v) is 8.83. The van der Waals surface area contributed by atoms with Crippen molar-refractivity contribution in [1.82, 2.24) is 5.32 Å². The number of carboxylic acids is 1. The molecule has 0 aliphatic carbocycles. The van der Waals surface area contributed by atoms with E-state index in [0.717, 1.165) is 16.7 Å². The van der Waals surface area contributed by atoms with Crippen LogP contribution in [-0.2, 0) is 14.4 Å². The van der Waals surface area contributed by atoms with Crippen molar-refractivity contribution < 1.29 is 24.2 Å². The van der Waals surface area contributed by atoms with Crippen LogP contribution in [0.3, 0.4) is 0 Å². The molecule has 7 nitrogen and oxygen atoms in total. The lowest BCUT2D eigenvalue weighted by atomic mass is 10.0. The van der Waals surface area contributed by atoms with Gasteiger partial charge in [0, 0.05) is 12.6 Å². The van der Waals surface area contributed by atoms with Crippen molar-refractivity contribution in [3.05, 3.63) is 59.2 Å². The summed E-state index contributed by atoms with van der Waals surface area (Å²) in [6, 6.07) is 12.1. The smallest absolute Gasteiger partial charge is 0.341 e. The Hall–Kier alpha value is -3.35. The zero-order chi connectivity index (χ0) is 20.7. The average Bonchev–Trinajstić information content (AvgIpc) is 2.61. The number of ether oxygens (including phenoxy) is 1. The third-order valence-electron chi connectivity index (χ3n) is 4.08. The molecule has 3 N–H and O–H groups in total. The number of carbonyl (C=O) groups excluding carboxylic acids is 2. The molecule has 2 amide bonds. The van der Waals surface area contributed by atoms with Crippen LogP contribution in [0, 0.1) is 13.8 Å². The number of rotatable bonds is 8. The summed E-state index contributed by atoms with van der Waals surface area (Å²) in [6.45, 7) is 4.74. The predicted octanol–water partition coefficient (Wildman–Crippen LogP) is 2.97. The highest BCUT2D eigenvalue weighted by molar-refractivity contribution is 5.92. The molecule has 2 aromatic rings. The summed E-state index contributed by atoms with van der Waals surface area (Å²) in [7, 11) is 0. The molecular weight excluding hydrogens is 360 g/mol. The van der Waals surface area contributed by atoms with Gasteiger partial charge in [0.25, 0.3) is 0 Å². The second-order valence-electron chi connectivity index (χ2n) is 6.58. The van der Waals surface area contributed by atoms with Gasteiger partial charge in [-0.15, -0.1) is 0 Å². The van der Waals surface area contributed by atoms with Crippen LogP contribution in [0.15, 0.2) is 42.5 Å². The van der Waals surface area contributed by atoms with E-state index >= 15 is 0 Å². The Kier molecular flexibility index (Phi) is 7.14. The molecule has 0 bridgehead atoms. The van der Waals surface area contributed by atoms with E-state index in [1.54, 1.807) is 25.1 Å². The zero-order valence-corrected chi connectivity index (χ0v) is 16.1. The molecular formula is C21H24N2O5. The first-order chi connectivity index (χ1) is 13.2. The summed E-state index contributed by atoms with van der Waals surface area (Å²) in [4.78, 5) is 34.6. The van der Waals surface area contributed by atoms with Gasteiger partial charge in [0.05, 0.1) is 12.5 Å². The van der Waals surface area contributed by atoms with E-state index in [1.165, 1.54) is 6.92 Å². The number of aliphatic carboxylic acids is 1. The second-order valence-corrected chi connectivity index (χ2v) is 6.58. The third kappa shape index (κ3) is 6.42. The Morgan fingerprint density at radius 3 is 2.32 bits per heavy atom. The van der Waals surface area contributed by atoms with Crippen molar-refractivity contribution >= 4 is 23.5 Å². The molecule has 0 saturated heterocycles. The van der Waals surface area contributed by atoms with E-state index in [-0.39, 0.29) is 18.2 Å². The van der Waals surface area contributed by atoms with Crippen LogP contribution < -0.4 is 15.4 Å². The Morgan fingerprint density at radius 2 is 1.75 bits per heavy atom. The van der Waals surface area contributed by atoms with E-state index in [1.807, 2.05) is 31.2 Å². The molecule has 0 aliphatic rings. The van der Waals surface area contributed by atoms with Gasteiger partial charge in [0.2, 0.25) is 11.8 Å². The first-order valence-electron chi connectivity index (χ1n) is 8.83. The van der Waals surface area contributed by atoms with Gasteiger partial charge >= 0.3 is 5.97 Å². The van der Waals surface area contributed by atoms with E-state index in [0.29, 0.717) is 11.4 Å². The van der Waals surface area contributed by atoms with Crippen LogP contribution in [-0.4, -0.2) is 29.5 Å². The molecule has 1 unspecified atom stereocenters. The molecule has 0 saturated carbocycles. The van der Waals surface area contributed by atoms with Crippen LogP contribution in [0.2, 0.25) is 0 Å². The van der Waals surface area contributed by atoms with Gasteiger partial charge in [-0.1, -0.05) is 29.8 Å². The molecule has 0 fully saturated rings. The monoisotopic (exact) mass is 384 g/mol. The van der Waals surface area contributed by atoms with Crippen molar-refractivity contribution in [1.29, 1.82) is 0 Å². The van der Waals surface area contributed by atoms with Crippen molar-refractivity contribution in [2.24, 2.45) is 0 Å². The summed E-state index contributed by atoms with van der Waals surface area (Å²) >= 11 is 0. The molecule has 0 radical (unpaired) electrons. The van der Waals surface area contributed by atoms with Crippen LogP contribution >= 0.6 is 0 Å². The van der Waals surface area contributed by atoms with Crippen molar-refractivity contribution in [3.8, 4) is 5.75 Å².